The highest BCUT2D eigenvalue weighted by Gasteiger charge is 2.29. The van der Waals surface area contributed by atoms with Crippen LogP contribution in [0.2, 0.25) is 0 Å². The van der Waals surface area contributed by atoms with Crippen LogP contribution in [0.5, 0.6) is 0 Å². The van der Waals surface area contributed by atoms with Crippen molar-refractivity contribution in [3.05, 3.63) is 59.1 Å². The summed E-state index contributed by atoms with van der Waals surface area (Å²) in [5.41, 5.74) is 2.24. The van der Waals surface area contributed by atoms with E-state index in [1.807, 2.05) is 35.0 Å². The van der Waals surface area contributed by atoms with Crippen molar-refractivity contribution in [1.29, 1.82) is 5.26 Å². The summed E-state index contributed by atoms with van der Waals surface area (Å²) < 4.78 is 7.05. The first kappa shape index (κ1) is 18.2. The van der Waals surface area contributed by atoms with Crippen molar-refractivity contribution in [1.82, 2.24) is 19.9 Å². The Bertz CT molecular complexity index is 1260. The van der Waals surface area contributed by atoms with E-state index in [0.717, 1.165) is 42.5 Å². The van der Waals surface area contributed by atoms with Crippen LogP contribution in [0.15, 0.2) is 58.1 Å². The molecule has 1 aromatic carbocycles. The van der Waals surface area contributed by atoms with Crippen LogP contribution in [0.3, 0.4) is 0 Å². The summed E-state index contributed by atoms with van der Waals surface area (Å²) in [6.45, 7) is 0. The monoisotopic (exact) mass is 400 g/mol. The van der Waals surface area contributed by atoms with E-state index in [1.54, 1.807) is 18.5 Å². The maximum atomic E-state index is 12.6. The molecule has 4 aromatic rings. The van der Waals surface area contributed by atoms with Gasteiger partial charge in [-0.15, -0.1) is 0 Å². The first-order chi connectivity index (χ1) is 14.7. The number of pyridine rings is 1. The SMILES string of the molecule is N#CC1CCCC[C@@H]1n1nc(Nc2ccc(-c3ccno3)cc2)c2c(=O)[nH]ccc21. The topological polar surface area (TPSA) is 113 Å². The zero-order chi connectivity index (χ0) is 20.5. The molecular formula is C22H20N6O2. The van der Waals surface area contributed by atoms with Crippen LogP contribution in [0, 0.1) is 17.2 Å². The van der Waals surface area contributed by atoms with Crippen molar-refractivity contribution in [3.8, 4) is 17.4 Å². The van der Waals surface area contributed by atoms with E-state index in [2.05, 4.69) is 21.5 Å². The number of fused-ring (bicyclic) bond motifs is 1. The molecule has 1 unspecified atom stereocenters. The zero-order valence-corrected chi connectivity index (χ0v) is 16.2. The minimum absolute atomic E-state index is 0.0302. The second-order valence-electron chi connectivity index (χ2n) is 7.53. The molecule has 1 fully saturated rings. The second-order valence-corrected chi connectivity index (χ2v) is 7.53. The van der Waals surface area contributed by atoms with Crippen molar-refractivity contribution in [3.63, 3.8) is 0 Å². The first-order valence-electron chi connectivity index (χ1n) is 10.0. The van der Waals surface area contributed by atoms with Crippen molar-refractivity contribution >= 4 is 22.4 Å². The van der Waals surface area contributed by atoms with E-state index in [4.69, 9.17) is 9.62 Å². The van der Waals surface area contributed by atoms with Crippen LogP contribution in [-0.2, 0) is 0 Å². The summed E-state index contributed by atoms with van der Waals surface area (Å²) in [5.74, 6) is 1.07. The molecule has 1 saturated carbocycles. The average Bonchev–Trinajstić information content (AvgIpc) is 3.44. The molecule has 0 bridgehead atoms. The molecule has 2 atom stereocenters. The maximum absolute atomic E-state index is 12.6. The first-order valence-corrected chi connectivity index (χ1v) is 10.0. The lowest BCUT2D eigenvalue weighted by molar-refractivity contribution is 0.277. The Kier molecular flexibility index (Phi) is 4.56. The summed E-state index contributed by atoms with van der Waals surface area (Å²) in [4.78, 5) is 15.3. The molecule has 3 heterocycles. The largest absolute Gasteiger partial charge is 0.356 e. The van der Waals surface area contributed by atoms with Crippen molar-refractivity contribution in [2.24, 2.45) is 5.92 Å². The fourth-order valence-electron chi connectivity index (χ4n) is 4.21. The molecule has 8 heteroatoms. The smallest absolute Gasteiger partial charge is 0.261 e. The van der Waals surface area contributed by atoms with Crippen LogP contribution in [0.1, 0.15) is 31.7 Å². The molecule has 30 heavy (non-hydrogen) atoms. The molecule has 2 N–H and O–H groups in total. The number of H-pyrrole nitrogens is 1. The predicted molar refractivity (Wildman–Crippen MR) is 112 cm³/mol. The molecule has 0 aliphatic heterocycles. The number of hydrogen-bond acceptors (Lipinski definition) is 6. The minimum Gasteiger partial charge on any atom is -0.356 e. The third-order valence-corrected chi connectivity index (χ3v) is 5.71. The van der Waals surface area contributed by atoms with E-state index in [-0.39, 0.29) is 17.5 Å². The molecule has 5 rings (SSSR count). The van der Waals surface area contributed by atoms with Gasteiger partial charge in [-0.2, -0.15) is 10.4 Å². The Morgan fingerprint density at radius 2 is 2.00 bits per heavy atom. The summed E-state index contributed by atoms with van der Waals surface area (Å²) in [6.07, 6.45) is 7.08. The Morgan fingerprint density at radius 3 is 2.77 bits per heavy atom. The number of hydrogen-bond donors (Lipinski definition) is 2. The lowest BCUT2D eigenvalue weighted by Gasteiger charge is -2.27. The van der Waals surface area contributed by atoms with Crippen LogP contribution in [0.25, 0.3) is 22.2 Å². The highest BCUT2D eigenvalue weighted by atomic mass is 16.5. The molecule has 0 saturated heterocycles. The predicted octanol–water partition coefficient (Wildman–Crippen LogP) is 4.38. The summed E-state index contributed by atoms with van der Waals surface area (Å²) in [6, 6.07) is 13.7. The van der Waals surface area contributed by atoms with Gasteiger partial charge in [-0.25, -0.2) is 0 Å². The average molecular weight is 400 g/mol. The maximum Gasteiger partial charge on any atom is 0.261 e. The molecule has 0 radical (unpaired) electrons. The van der Waals surface area contributed by atoms with Gasteiger partial charge in [0.1, 0.15) is 5.39 Å². The van der Waals surface area contributed by atoms with E-state index < -0.39 is 0 Å². The number of anilines is 2. The minimum atomic E-state index is -0.205. The number of rotatable bonds is 4. The van der Waals surface area contributed by atoms with Gasteiger partial charge in [0.2, 0.25) is 0 Å². The van der Waals surface area contributed by atoms with Gasteiger partial charge in [0.25, 0.3) is 5.56 Å². The number of nitrogens with one attached hydrogen (secondary N) is 2. The molecular weight excluding hydrogens is 380 g/mol. The molecule has 1 aliphatic carbocycles. The Labute approximate surface area is 172 Å². The quantitative estimate of drug-likeness (QED) is 0.526. The Hall–Kier alpha value is -3.86. The number of aromatic nitrogens is 4. The second kappa shape index (κ2) is 7.52. The van der Waals surface area contributed by atoms with E-state index in [1.165, 1.54) is 0 Å². The van der Waals surface area contributed by atoms with E-state index >= 15 is 0 Å². The highest BCUT2D eigenvalue weighted by molar-refractivity contribution is 5.91. The Balaban J connectivity index is 1.53. The van der Waals surface area contributed by atoms with Gasteiger partial charge in [-0.05, 0) is 43.2 Å². The van der Waals surface area contributed by atoms with Crippen molar-refractivity contribution < 1.29 is 4.52 Å². The van der Waals surface area contributed by atoms with Crippen LogP contribution in [-0.4, -0.2) is 19.9 Å². The third-order valence-electron chi connectivity index (χ3n) is 5.71. The Morgan fingerprint density at radius 1 is 1.17 bits per heavy atom. The molecule has 0 amide bonds. The van der Waals surface area contributed by atoms with Gasteiger partial charge < -0.3 is 14.8 Å². The lowest BCUT2D eigenvalue weighted by Crippen LogP contribution is -2.23. The summed E-state index contributed by atoms with van der Waals surface area (Å²) >= 11 is 0. The number of nitrogens with zero attached hydrogens (tertiary/aromatic N) is 4. The number of aromatic amines is 1. The van der Waals surface area contributed by atoms with Crippen molar-refractivity contribution in [2.45, 2.75) is 31.7 Å². The fourth-order valence-corrected chi connectivity index (χ4v) is 4.21. The zero-order valence-electron chi connectivity index (χ0n) is 16.2. The van der Waals surface area contributed by atoms with E-state index in [0.29, 0.717) is 17.0 Å². The molecule has 3 aromatic heterocycles. The van der Waals surface area contributed by atoms with Crippen molar-refractivity contribution in [2.75, 3.05) is 5.32 Å². The van der Waals surface area contributed by atoms with Gasteiger partial charge in [0.15, 0.2) is 11.6 Å². The fraction of sp³-hybridized carbons (Fsp3) is 0.273. The third kappa shape index (κ3) is 3.14. The van der Waals surface area contributed by atoms with Gasteiger partial charge in [0, 0.05) is 23.5 Å². The molecule has 1 aliphatic rings. The van der Waals surface area contributed by atoms with E-state index in [9.17, 15) is 10.1 Å². The normalized spacial score (nSPS) is 18.9. The van der Waals surface area contributed by atoms with Crippen LogP contribution >= 0.6 is 0 Å². The summed E-state index contributed by atoms with van der Waals surface area (Å²) in [7, 11) is 0. The lowest BCUT2D eigenvalue weighted by atomic mass is 9.85. The van der Waals surface area contributed by atoms with Gasteiger partial charge in [-0.1, -0.05) is 18.0 Å². The van der Waals surface area contributed by atoms with Crippen LogP contribution < -0.4 is 10.9 Å². The van der Waals surface area contributed by atoms with Crippen LogP contribution in [0.4, 0.5) is 11.5 Å². The molecule has 8 nitrogen and oxygen atoms in total. The van der Waals surface area contributed by atoms with Gasteiger partial charge in [-0.3, -0.25) is 9.48 Å². The molecule has 150 valence electrons. The van der Waals surface area contributed by atoms with Gasteiger partial charge >= 0.3 is 0 Å². The number of nitriles is 1. The molecule has 0 spiro atoms. The highest BCUT2D eigenvalue weighted by Crippen LogP contribution is 2.36. The van der Waals surface area contributed by atoms with Gasteiger partial charge in [0.05, 0.1) is 29.7 Å². The number of benzene rings is 1. The standard InChI is InChI=1S/C22H20N6O2/c23-13-15-3-1-2-4-17(15)28-18-9-11-24-22(29)20(18)21(27-28)26-16-7-5-14(6-8-16)19-10-12-25-30-19/h5-12,15,17H,1-4H2,(H,24,29)(H,26,27)/t15?,17-/m0/s1. The summed E-state index contributed by atoms with van der Waals surface area (Å²) in [5, 5.41) is 21.9.